The first-order valence-electron chi connectivity index (χ1n) is 6.45. The van der Waals surface area contributed by atoms with Crippen molar-refractivity contribution in [3.63, 3.8) is 0 Å². The molecule has 1 aromatic heterocycles. The molecule has 0 amide bonds. The van der Waals surface area contributed by atoms with E-state index in [2.05, 4.69) is 31.5 Å². The summed E-state index contributed by atoms with van der Waals surface area (Å²) in [5.74, 6) is -1.14. The van der Waals surface area contributed by atoms with Gasteiger partial charge in [0.25, 0.3) is 0 Å². The topological polar surface area (TPSA) is 80.9 Å². The smallest absolute Gasteiger partial charge is 0.303 e. The van der Waals surface area contributed by atoms with Crippen molar-refractivity contribution in [1.82, 2.24) is 20.2 Å². The van der Waals surface area contributed by atoms with Crippen LogP contribution < -0.4 is 0 Å². The van der Waals surface area contributed by atoms with Crippen molar-refractivity contribution in [2.24, 2.45) is 5.92 Å². The highest BCUT2D eigenvalue weighted by atomic mass is 79.9. The van der Waals surface area contributed by atoms with Gasteiger partial charge in [0.05, 0.1) is 10.0 Å². The third-order valence-electron chi connectivity index (χ3n) is 3.20. The summed E-state index contributed by atoms with van der Waals surface area (Å²) in [5.41, 5.74) is 0.277. The van der Waals surface area contributed by atoms with E-state index in [1.807, 2.05) is 6.92 Å². The lowest BCUT2D eigenvalue weighted by Gasteiger charge is -2.13. The molecule has 1 aromatic carbocycles. The second kappa shape index (κ2) is 6.75. The van der Waals surface area contributed by atoms with Crippen molar-refractivity contribution in [3.05, 3.63) is 28.5 Å². The van der Waals surface area contributed by atoms with Gasteiger partial charge >= 0.3 is 5.97 Å². The van der Waals surface area contributed by atoms with Crippen molar-refractivity contribution in [3.8, 4) is 11.4 Å². The number of halogens is 2. The number of carboxylic acids is 1. The van der Waals surface area contributed by atoms with Crippen molar-refractivity contribution >= 4 is 21.9 Å². The normalized spacial score (nSPS) is 12.3. The highest BCUT2D eigenvalue weighted by molar-refractivity contribution is 9.10. The molecule has 0 bridgehead atoms. The van der Waals surface area contributed by atoms with Gasteiger partial charge in [0, 0.05) is 13.0 Å². The number of aromatic nitrogens is 4. The van der Waals surface area contributed by atoms with Crippen LogP contribution in [0.2, 0.25) is 0 Å². The molecule has 1 unspecified atom stereocenters. The van der Waals surface area contributed by atoms with Gasteiger partial charge in [0.15, 0.2) is 5.82 Å². The lowest BCUT2D eigenvalue weighted by Crippen LogP contribution is -2.16. The number of carboxylic acid groups (broad SMARTS) is 1. The van der Waals surface area contributed by atoms with Gasteiger partial charge in [-0.25, -0.2) is 9.07 Å². The van der Waals surface area contributed by atoms with Gasteiger partial charge in [-0.2, -0.15) is 0 Å². The summed E-state index contributed by atoms with van der Waals surface area (Å²) >= 11 is 3.12. The number of hydrogen-bond donors (Lipinski definition) is 1. The van der Waals surface area contributed by atoms with Crippen LogP contribution in [0.5, 0.6) is 0 Å². The molecule has 1 heterocycles. The van der Waals surface area contributed by atoms with E-state index < -0.39 is 11.8 Å². The Hall–Kier alpha value is -1.83. The Morgan fingerprint density at radius 2 is 2.29 bits per heavy atom. The molecule has 0 radical (unpaired) electrons. The highest BCUT2D eigenvalue weighted by Gasteiger charge is 2.19. The minimum Gasteiger partial charge on any atom is -0.481 e. The fourth-order valence-corrected chi connectivity index (χ4v) is 2.39. The fraction of sp³-hybridized carbons (Fsp3) is 0.385. The van der Waals surface area contributed by atoms with Gasteiger partial charge in [-0.3, -0.25) is 4.79 Å². The monoisotopic (exact) mass is 356 g/mol. The number of carbonyl (C=O) groups is 1. The molecule has 2 aromatic rings. The van der Waals surface area contributed by atoms with Crippen LogP contribution in [0.25, 0.3) is 11.4 Å². The van der Waals surface area contributed by atoms with E-state index in [1.165, 1.54) is 4.68 Å². The SMILES string of the molecule is CCC(CC(=O)O)Cn1nnnc1-c1cccc(Br)c1F. The molecular weight excluding hydrogens is 343 g/mol. The third-order valence-corrected chi connectivity index (χ3v) is 3.81. The Balaban J connectivity index is 2.30. The second-order valence-electron chi connectivity index (χ2n) is 4.66. The van der Waals surface area contributed by atoms with Crippen LogP contribution in [-0.2, 0) is 11.3 Å². The van der Waals surface area contributed by atoms with Gasteiger partial charge in [-0.05, 0) is 44.4 Å². The predicted octanol–water partition coefficient (Wildman–Crippen LogP) is 2.74. The molecule has 0 aliphatic heterocycles. The van der Waals surface area contributed by atoms with Crippen molar-refractivity contribution < 1.29 is 14.3 Å². The molecule has 0 aliphatic rings. The second-order valence-corrected chi connectivity index (χ2v) is 5.51. The maximum Gasteiger partial charge on any atom is 0.303 e. The third kappa shape index (κ3) is 3.63. The van der Waals surface area contributed by atoms with Crippen LogP contribution in [0.15, 0.2) is 22.7 Å². The molecule has 0 saturated carbocycles. The standard InChI is InChI=1S/C13H14BrFN4O2/c1-2-8(6-11(20)21)7-19-13(16-17-18-19)9-4-3-5-10(14)12(9)15/h3-5,8H,2,6-7H2,1H3,(H,20,21). The number of hydrogen-bond acceptors (Lipinski definition) is 4. The van der Waals surface area contributed by atoms with Crippen molar-refractivity contribution in [1.29, 1.82) is 0 Å². The highest BCUT2D eigenvalue weighted by Crippen LogP contribution is 2.26. The molecule has 8 heteroatoms. The maximum atomic E-state index is 14.1. The maximum absolute atomic E-state index is 14.1. The molecule has 112 valence electrons. The van der Waals surface area contributed by atoms with Gasteiger partial charge < -0.3 is 5.11 Å². The fourth-order valence-electron chi connectivity index (χ4n) is 2.03. The minimum absolute atomic E-state index is 0.0246. The van der Waals surface area contributed by atoms with Gasteiger partial charge in [-0.15, -0.1) is 5.10 Å². The summed E-state index contributed by atoms with van der Waals surface area (Å²) in [5, 5.41) is 20.1. The number of aliphatic carboxylic acids is 1. The summed E-state index contributed by atoms with van der Waals surface area (Å²) in [4.78, 5) is 10.8. The zero-order chi connectivity index (χ0) is 15.4. The predicted molar refractivity (Wildman–Crippen MR) is 76.9 cm³/mol. The Morgan fingerprint density at radius 1 is 1.52 bits per heavy atom. The molecule has 1 atom stereocenters. The molecule has 0 spiro atoms. The molecule has 0 aliphatic carbocycles. The lowest BCUT2D eigenvalue weighted by atomic mass is 10.0. The van der Waals surface area contributed by atoms with Gasteiger partial charge in [0.2, 0.25) is 0 Å². The van der Waals surface area contributed by atoms with Crippen molar-refractivity contribution in [2.75, 3.05) is 0 Å². The lowest BCUT2D eigenvalue weighted by molar-refractivity contribution is -0.138. The van der Waals surface area contributed by atoms with E-state index in [4.69, 9.17) is 5.11 Å². The van der Waals surface area contributed by atoms with E-state index in [0.29, 0.717) is 17.4 Å². The van der Waals surface area contributed by atoms with Gasteiger partial charge in [-0.1, -0.05) is 19.4 Å². The zero-order valence-electron chi connectivity index (χ0n) is 11.3. The molecule has 6 nitrogen and oxygen atoms in total. The van der Waals surface area contributed by atoms with Crippen LogP contribution in [0.4, 0.5) is 4.39 Å². The zero-order valence-corrected chi connectivity index (χ0v) is 12.9. The largest absolute Gasteiger partial charge is 0.481 e. The molecule has 1 N–H and O–H groups in total. The first-order valence-corrected chi connectivity index (χ1v) is 7.24. The average molecular weight is 357 g/mol. The summed E-state index contributed by atoms with van der Waals surface area (Å²) < 4.78 is 15.9. The Bertz CT molecular complexity index is 647. The average Bonchev–Trinajstić information content (AvgIpc) is 2.88. The Kier molecular flexibility index (Phi) is 5.00. The van der Waals surface area contributed by atoms with Gasteiger partial charge in [0.1, 0.15) is 5.82 Å². The van der Waals surface area contributed by atoms with Crippen LogP contribution in [0.1, 0.15) is 19.8 Å². The quantitative estimate of drug-likeness (QED) is 0.860. The first kappa shape index (κ1) is 15.6. The number of nitrogens with zero attached hydrogens (tertiary/aromatic N) is 4. The number of benzene rings is 1. The van der Waals surface area contributed by atoms with Crippen LogP contribution >= 0.6 is 15.9 Å². The molecule has 21 heavy (non-hydrogen) atoms. The minimum atomic E-state index is -0.870. The first-order chi connectivity index (χ1) is 10.0. The number of rotatable bonds is 6. The molecule has 0 saturated heterocycles. The Morgan fingerprint density at radius 3 is 2.95 bits per heavy atom. The Labute approximate surface area is 129 Å². The van der Waals surface area contributed by atoms with Crippen molar-refractivity contribution in [2.45, 2.75) is 26.3 Å². The molecule has 2 rings (SSSR count). The van der Waals surface area contributed by atoms with E-state index in [9.17, 15) is 9.18 Å². The summed E-state index contributed by atoms with van der Waals surface area (Å²) in [7, 11) is 0. The molecule has 0 fully saturated rings. The van der Waals surface area contributed by atoms with Crippen LogP contribution in [-0.4, -0.2) is 31.3 Å². The van der Waals surface area contributed by atoms with E-state index in [1.54, 1.807) is 18.2 Å². The van der Waals surface area contributed by atoms with E-state index in [0.717, 1.165) is 0 Å². The van der Waals surface area contributed by atoms with E-state index >= 15 is 0 Å². The van der Waals surface area contributed by atoms with Crippen LogP contribution in [0.3, 0.4) is 0 Å². The number of tetrazole rings is 1. The summed E-state index contributed by atoms with van der Waals surface area (Å²) in [6, 6.07) is 4.86. The van der Waals surface area contributed by atoms with Crippen LogP contribution in [0, 0.1) is 11.7 Å². The molecular formula is C13H14BrFN4O2. The van der Waals surface area contributed by atoms with E-state index in [-0.39, 0.29) is 23.7 Å². The summed E-state index contributed by atoms with van der Waals surface area (Å²) in [6.45, 7) is 2.23. The summed E-state index contributed by atoms with van der Waals surface area (Å²) in [6.07, 6.45) is 0.698.